The Bertz CT molecular complexity index is 1820. The fraction of sp³-hybridized carbons (Fsp3) is 0.323. The van der Waals surface area contributed by atoms with E-state index in [1.165, 1.54) is 18.1 Å². The number of halogens is 1. The first-order valence-electron chi connectivity index (χ1n) is 14.5. The highest BCUT2D eigenvalue weighted by Crippen LogP contribution is 2.29. The number of carboxylic acid groups (broad SMARTS) is 1. The lowest BCUT2D eigenvalue weighted by Crippen LogP contribution is -2.57. The smallest absolute Gasteiger partial charge is 0.408 e. The lowest BCUT2D eigenvalue weighted by Gasteiger charge is -2.37. The quantitative estimate of drug-likeness (QED) is 0.246. The number of aromatic nitrogens is 3. The van der Waals surface area contributed by atoms with Crippen molar-refractivity contribution in [2.24, 2.45) is 0 Å². The number of likely N-dealkylation sites (tertiary alicyclic amines) is 1. The van der Waals surface area contributed by atoms with Gasteiger partial charge in [-0.1, -0.05) is 0 Å². The molecule has 4 aromatic rings. The maximum atomic E-state index is 14.4. The van der Waals surface area contributed by atoms with Gasteiger partial charge in [0.05, 0.1) is 25.5 Å². The number of anilines is 2. The van der Waals surface area contributed by atoms with Gasteiger partial charge >= 0.3 is 6.09 Å². The number of carbonyl (C=O) groups excluding carboxylic acids is 2. The van der Waals surface area contributed by atoms with Crippen LogP contribution in [-0.4, -0.2) is 120 Å². The average Bonchev–Trinajstić information content (AvgIpc) is 3.62. The van der Waals surface area contributed by atoms with Gasteiger partial charge in [-0.3, -0.25) is 18.9 Å². The second-order valence-corrected chi connectivity index (χ2v) is 11.2. The summed E-state index contributed by atoms with van der Waals surface area (Å²) in [6, 6.07) is 8.55. The molecule has 3 atom stereocenters. The second kappa shape index (κ2) is 12.3. The van der Waals surface area contributed by atoms with Crippen LogP contribution in [-0.2, 0) is 4.79 Å². The van der Waals surface area contributed by atoms with Crippen molar-refractivity contribution < 1.29 is 38.8 Å². The fourth-order valence-corrected chi connectivity index (χ4v) is 5.95. The zero-order valence-corrected chi connectivity index (χ0v) is 25.0. The Morgan fingerprint density at radius 3 is 2.43 bits per heavy atom. The van der Waals surface area contributed by atoms with Crippen molar-refractivity contribution in [1.29, 1.82) is 0 Å². The maximum absolute atomic E-state index is 14.4. The van der Waals surface area contributed by atoms with Gasteiger partial charge in [-0.05, 0) is 48.9 Å². The minimum Gasteiger partial charge on any atom is -0.494 e. The van der Waals surface area contributed by atoms with Crippen LogP contribution in [0.5, 0.6) is 5.75 Å². The zero-order valence-electron chi connectivity index (χ0n) is 25.0. The molecule has 46 heavy (non-hydrogen) atoms. The van der Waals surface area contributed by atoms with E-state index in [1.807, 2.05) is 13.0 Å². The van der Waals surface area contributed by atoms with E-state index >= 15 is 0 Å². The Kier molecular flexibility index (Phi) is 8.19. The molecule has 4 N–H and O–H groups in total. The molecule has 0 saturated carbocycles. The van der Waals surface area contributed by atoms with Crippen LogP contribution in [0.25, 0.3) is 16.9 Å². The maximum Gasteiger partial charge on any atom is 0.408 e. The second-order valence-electron chi connectivity index (χ2n) is 11.2. The van der Waals surface area contributed by atoms with E-state index in [4.69, 9.17) is 4.74 Å². The van der Waals surface area contributed by atoms with Gasteiger partial charge in [0, 0.05) is 55.4 Å². The molecule has 15 heteroatoms. The molecule has 0 bridgehead atoms. The molecule has 240 valence electrons. The van der Waals surface area contributed by atoms with Crippen molar-refractivity contribution in [3.05, 3.63) is 71.9 Å². The van der Waals surface area contributed by atoms with E-state index < -0.39 is 36.1 Å². The van der Waals surface area contributed by atoms with E-state index in [9.17, 15) is 34.1 Å². The lowest BCUT2D eigenvalue weighted by atomic mass is 10.1. The minimum absolute atomic E-state index is 0.145. The lowest BCUT2D eigenvalue weighted by molar-refractivity contribution is -0.140. The first-order chi connectivity index (χ1) is 22.1. The van der Waals surface area contributed by atoms with Crippen molar-refractivity contribution in [3.63, 3.8) is 0 Å². The number of hydrogen-bond acceptors (Lipinski definition) is 9. The molecule has 2 aliphatic heterocycles. The predicted octanol–water partition coefficient (Wildman–Crippen LogP) is 1.96. The SMILES string of the molecule is COc1ccc(-c2cnc3c(Nc4ccc(C(=O)N5CCN(C(=O)[C@@H]6[C@@H](O)[C@@H](O)CN6C(=O)O)CC5)c(C)c4)nccn23)cc1F. The molecule has 14 nitrogen and oxygen atoms in total. The summed E-state index contributed by atoms with van der Waals surface area (Å²) in [5.74, 6) is -0.700. The van der Waals surface area contributed by atoms with E-state index in [1.54, 1.807) is 52.2 Å². The molecule has 0 radical (unpaired) electrons. The number of carbonyl (C=O) groups is 3. The van der Waals surface area contributed by atoms with Crippen molar-refractivity contribution >= 4 is 35.1 Å². The molecular formula is C31H32FN7O7. The van der Waals surface area contributed by atoms with Crippen LogP contribution >= 0.6 is 0 Å². The van der Waals surface area contributed by atoms with E-state index in [2.05, 4.69) is 15.3 Å². The van der Waals surface area contributed by atoms with Crippen LogP contribution in [0.1, 0.15) is 15.9 Å². The van der Waals surface area contributed by atoms with E-state index in [0.717, 1.165) is 4.90 Å². The highest BCUT2D eigenvalue weighted by Gasteiger charge is 2.48. The minimum atomic E-state index is -1.52. The van der Waals surface area contributed by atoms with E-state index in [-0.39, 0.29) is 44.4 Å². The molecule has 2 aliphatic rings. The van der Waals surface area contributed by atoms with Gasteiger partial charge in [-0.2, -0.15) is 0 Å². The van der Waals surface area contributed by atoms with Gasteiger partial charge in [-0.25, -0.2) is 19.2 Å². The summed E-state index contributed by atoms with van der Waals surface area (Å²) >= 11 is 0. The number of imidazole rings is 1. The van der Waals surface area contributed by atoms with Crippen LogP contribution < -0.4 is 10.1 Å². The summed E-state index contributed by atoms with van der Waals surface area (Å²) in [5.41, 5.74) is 3.66. The molecule has 2 saturated heterocycles. The van der Waals surface area contributed by atoms with Gasteiger partial charge in [0.1, 0.15) is 18.2 Å². The molecule has 3 amide bonds. The van der Waals surface area contributed by atoms with Crippen LogP contribution in [0, 0.1) is 12.7 Å². The number of amides is 3. The van der Waals surface area contributed by atoms with Crippen molar-refractivity contribution in [2.45, 2.75) is 25.2 Å². The van der Waals surface area contributed by atoms with Crippen molar-refractivity contribution in [2.75, 3.05) is 45.2 Å². The average molecular weight is 634 g/mol. The Morgan fingerprint density at radius 2 is 1.76 bits per heavy atom. The summed E-state index contributed by atoms with van der Waals surface area (Å²) in [6.45, 7) is 2.20. The Labute approximate surface area is 262 Å². The summed E-state index contributed by atoms with van der Waals surface area (Å²) in [4.78, 5) is 50.7. The number of methoxy groups -OCH3 is 1. The van der Waals surface area contributed by atoms with E-state index in [0.29, 0.717) is 39.5 Å². The van der Waals surface area contributed by atoms with Gasteiger partial charge in [0.15, 0.2) is 23.0 Å². The number of β-amino-alcohol motifs (C(OH)–C–C–N with tert-alkyl or cyclic N) is 1. The number of hydrogen-bond donors (Lipinski definition) is 4. The highest BCUT2D eigenvalue weighted by molar-refractivity contribution is 5.96. The predicted molar refractivity (Wildman–Crippen MR) is 162 cm³/mol. The van der Waals surface area contributed by atoms with Gasteiger partial charge in [0.2, 0.25) is 5.91 Å². The molecule has 0 aliphatic carbocycles. The molecule has 6 rings (SSSR count). The number of aliphatic hydroxyl groups excluding tert-OH is 2. The number of nitrogens with one attached hydrogen (secondary N) is 1. The first-order valence-corrected chi connectivity index (χ1v) is 14.5. The van der Waals surface area contributed by atoms with Gasteiger partial charge in [-0.15, -0.1) is 0 Å². The molecule has 0 unspecified atom stereocenters. The summed E-state index contributed by atoms with van der Waals surface area (Å²) < 4.78 is 21.2. The number of aliphatic hydroxyl groups is 2. The highest BCUT2D eigenvalue weighted by atomic mass is 19.1. The number of ether oxygens (including phenoxy) is 1. The largest absolute Gasteiger partial charge is 0.494 e. The molecule has 0 spiro atoms. The fourth-order valence-electron chi connectivity index (χ4n) is 5.95. The normalized spacial score (nSPS) is 19.8. The standard InChI is InChI=1S/C31H32FN7O7/c1-17-13-19(35-27-28-34-15-22(38(28)8-7-33-27)18-3-6-24(46-2)21(32)14-18)4-5-20(17)29(42)36-9-11-37(12-10-36)30(43)25-26(41)23(40)16-39(25)31(44)45/h3-8,13-15,23,25-26,40-41H,9-12,16H2,1-2H3,(H,33,35)(H,44,45)/t23-,25-,26-/m0/s1. The summed E-state index contributed by atoms with van der Waals surface area (Å²) in [6.07, 6.45) is 0.694. The van der Waals surface area contributed by atoms with Crippen molar-refractivity contribution in [1.82, 2.24) is 29.1 Å². The zero-order chi connectivity index (χ0) is 32.7. The number of aryl methyl sites for hydroxylation is 1. The molecule has 2 aromatic heterocycles. The number of nitrogens with zero attached hydrogens (tertiary/aromatic N) is 6. The molecular weight excluding hydrogens is 601 g/mol. The number of benzene rings is 2. The topological polar surface area (TPSA) is 173 Å². The monoisotopic (exact) mass is 633 g/mol. The van der Waals surface area contributed by atoms with Crippen molar-refractivity contribution in [3.8, 4) is 17.0 Å². The Morgan fingerprint density at radius 1 is 1.02 bits per heavy atom. The number of fused-ring (bicyclic) bond motifs is 1. The van der Waals surface area contributed by atoms with Crippen LogP contribution in [0.2, 0.25) is 0 Å². The third-order valence-electron chi connectivity index (χ3n) is 8.41. The first kappa shape index (κ1) is 30.7. The summed E-state index contributed by atoms with van der Waals surface area (Å²) in [5, 5.41) is 32.8. The molecule has 4 heterocycles. The van der Waals surface area contributed by atoms with Crippen LogP contribution in [0.4, 0.5) is 20.7 Å². The third-order valence-corrected chi connectivity index (χ3v) is 8.41. The molecule has 2 aromatic carbocycles. The third kappa shape index (κ3) is 5.54. The summed E-state index contributed by atoms with van der Waals surface area (Å²) in [7, 11) is 1.40. The Hall–Kier alpha value is -5.28. The Balaban J connectivity index is 1.13. The van der Waals surface area contributed by atoms with Crippen LogP contribution in [0.15, 0.2) is 55.0 Å². The van der Waals surface area contributed by atoms with Gasteiger partial charge in [0.25, 0.3) is 5.91 Å². The van der Waals surface area contributed by atoms with Gasteiger partial charge < -0.3 is 35.2 Å². The number of piperazine rings is 1. The number of rotatable bonds is 6. The molecule has 2 fully saturated rings. The van der Waals surface area contributed by atoms with Crippen LogP contribution in [0.3, 0.4) is 0 Å².